The van der Waals surface area contributed by atoms with Crippen LogP contribution >= 0.6 is 0 Å². The number of carbonyl (C=O) groups excluding carboxylic acids is 1. The predicted octanol–water partition coefficient (Wildman–Crippen LogP) is 1.49. The van der Waals surface area contributed by atoms with E-state index < -0.39 is 0 Å². The number of likely N-dealkylation sites (tertiary alicyclic amines) is 3. The minimum Gasteiger partial charge on any atom is -0.384 e. The molecule has 0 saturated carbocycles. The van der Waals surface area contributed by atoms with E-state index in [9.17, 15) is 4.79 Å². The first-order valence-corrected chi connectivity index (χ1v) is 8.43. The maximum absolute atomic E-state index is 12.6. The van der Waals surface area contributed by atoms with Gasteiger partial charge in [-0.15, -0.1) is 0 Å². The van der Waals surface area contributed by atoms with Crippen LogP contribution in [0, 0.1) is 11.3 Å². The van der Waals surface area contributed by atoms with E-state index in [0.717, 1.165) is 58.8 Å². The van der Waals surface area contributed by atoms with Crippen molar-refractivity contribution in [1.82, 2.24) is 14.7 Å². The molecule has 1 spiro atoms. The molecule has 2 amide bonds. The molecule has 0 aromatic heterocycles. The Morgan fingerprint density at radius 2 is 1.95 bits per heavy atom. The fourth-order valence-corrected chi connectivity index (χ4v) is 4.45. The van der Waals surface area contributed by atoms with Gasteiger partial charge in [-0.3, -0.25) is 0 Å². The number of nitrogens with zero attached hydrogens (tertiary/aromatic N) is 3. The number of rotatable bonds is 3. The lowest BCUT2D eigenvalue weighted by Gasteiger charge is -2.31. The molecule has 21 heavy (non-hydrogen) atoms. The van der Waals surface area contributed by atoms with Crippen molar-refractivity contribution < 1.29 is 9.53 Å². The van der Waals surface area contributed by atoms with E-state index in [1.165, 1.54) is 12.8 Å². The van der Waals surface area contributed by atoms with Crippen molar-refractivity contribution >= 4 is 6.03 Å². The zero-order chi connectivity index (χ0) is 14.9. The van der Waals surface area contributed by atoms with Crippen LogP contribution in [0.3, 0.4) is 0 Å². The fourth-order valence-electron chi connectivity index (χ4n) is 4.45. The van der Waals surface area contributed by atoms with Gasteiger partial charge in [-0.1, -0.05) is 6.92 Å². The van der Waals surface area contributed by atoms with Crippen LogP contribution in [-0.2, 0) is 4.74 Å². The van der Waals surface area contributed by atoms with Gasteiger partial charge in [0.05, 0.1) is 6.61 Å². The summed E-state index contributed by atoms with van der Waals surface area (Å²) in [5.74, 6) is 0.568. The van der Waals surface area contributed by atoms with Gasteiger partial charge in [0.25, 0.3) is 0 Å². The summed E-state index contributed by atoms with van der Waals surface area (Å²) < 4.78 is 5.46. The van der Waals surface area contributed by atoms with Gasteiger partial charge in [-0.05, 0) is 25.8 Å². The third kappa shape index (κ3) is 2.78. The standard InChI is InChI=1S/C16H29N3O2/c1-3-17-10-14(11-21-2)16(12-17)6-9-19(13-16)15(20)18-7-4-5-8-18/h14H,3-13H2,1-2H3/t14-,16-/m1/s1. The molecular weight excluding hydrogens is 266 g/mol. The summed E-state index contributed by atoms with van der Waals surface area (Å²) in [7, 11) is 1.80. The van der Waals surface area contributed by atoms with Gasteiger partial charge in [-0.25, -0.2) is 4.79 Å². The van der Waals surface area contributed by atoms with Gasteiger partial charge < -0.3 is 19.4 Å². The number of ether oxygens (including phenoxy) is 1. The quantitative estimate of drug-likeness (QED) is 0.791. The Hall–Kier alpha value is -0.810. The van der Waals surface area contributed by atoms with Crippen LogP contribution in [-0.4, -0.2) is 80.3 Å². The van der Waals surface area contributed by atoms with E-state index >= 15 is 0 Å². The Bertz CT molecular complexity index is 384. The van der Waals surface area contributed by atoms with E-state index in [-0.39, 0.29) is 11.4 Å². The number of urea groups is 1. The summed E-state index contributed by atoms with van der Waals surface area (Å²) in [6.45, 7) is 10.1. The van der Waals surface area contributed by atoms with Crippen molar-refractivity contribution in [1.29, 1.82) is 0 Å². The average molecular weight is 295 g/mol. The van der Waals surface area contributed by atoms with Crippen LogP contribution in [0.1, 0.15) is 26.2 Å². The highest BCUT2D eigenvalue weighted by Gasteiger charge is 2.51. The van der Waals surface area contributed by atoms with E-state index in [1.54, 1.807) is 7.11 Å². The molecule has 0 aromatic carbocycles. The first-order valence-electron chi connectivity index (χ1n) is 8.43. The molecule has 120 valence electrons. The molecule has 0 N–H and O–H groups in total. The third-order valence-electron chi connectivity index (χ3n) is 5.73. The highest BCUT2D eigenvalue weighted by atomic mass is 16.5. The summed E-state index contributed by atoms with van der Waals surface area (Å²) in [5.41, 5.74) is 0.265. The van der Waals surface area contributed by atoms with Gasteiger partial charge in [0, 0.05) is 57.7 Å². The second kappa shape index (κ2) is 6.13. The van der Waals surface area contributed by atoms with Crippen molar-refractivity contribution in [2.45, 2.75) is 26.2 Å². The average Bonchev–Trinajstić information content (AvgIpc) is 3.21. The van der Waals surface area contributed by atoms with Gasteiger partial charge >= 0.3 is 6.03 Å². The van der Waals surface area contributed by atoms with Crippen molar-refractivity contribution in [3.8, 4) is 0 Å². The fraction of sp³-hybridized carbons (Fsp3) is 0.938. The molecule has 0 bridgehead atoms. The van der Waals surface area contributed by atoms with Crippen molar-refractivity contribution in [3.63, 3.8) is 0 Å². The summed E-state index contributed by atoms with van der Waals surface area (Å²) in [6.07, 6.45) is 3.47. The second-order valence-corrected chi connectivity index (χ2v) is 6.99. The molecule has 5 nitrogen and oxygen atoms in total. The molecule has 3 saturated heterocycles. The highest BCUT2D eigenvalue weighted by Crippen LogP contribution is 2.44. The largest absolute Gasteiger partial charge is 0.384 e. The minimum atomic E-state index is 0.265. The highest BCUT2D eigenvalue weighted by molar-refractivity contribution is 5.75. The van der Waals surface area contributed by atoms with Crippen LogP contribution < -0.4 is 0 Å². The number of amides is 2. The Labute approximate surface area is 128 Å². The first kappa shape index (κ1) is 15.1. The molecular formula is C16H29N3O2. The lowest BCUT2D eigenvalue weighted by atomic mass is 9.78. The van der Waals surface area contributed by atoms with Gasteiger partial charge in [0.1, 0.15) is 0 Å². The molecule has 0 radical (unpaired) electrons. The number of carbonyl (C=O) groups is 1. The molecule has 3 rings (SSSR count). The molecule has 0 aliphatic carbocycles. The molecule has 3 fully saturated rings. The topological polar surface area (TPSA) is 36.0 Å². The Balaban J connectivity index is 1.67. The van der Waals surface area contributed by atoms with Crippen molar-refractivity contribution in [2.75, 3.05) is 59.5 Å². The smallest absolute Gasteiger partial charge is 0.320 e. The monoisotopic (exact) mass is 295 g/mol. The van der Waals surface area contributed by atoms with E-state index in [4.69, 9.17) is 4.74 Å². The predicted molar refractivity (Wildman–Crippen MR) is 82.3 cm³/mol. The van der Waals surface area contributed by atoms with Crippen molar-refractivity contribution in [3.05, 3.63) is 0 Å². The van der Waals surface area contributed by atoms with Gasteiger partial charge in [-0.2, -0.15) is 0 Å². The van der Waals surface area contributed by atoms with E-state index in [2.05, 4.69) is 16.7 Å². The van der Waals surface area contributed by atoms with Crippen LogP contribution in [0.25, 0.3) is 0 Å². The minimum absolute atomic E-state index is 0.265. The van der Waals surface area contributed by atoms with Crippen LogP contribution in [0.2, 0.25) is 0 Å². The zero-order valence-corrected chi connectivity index (χ0v) is 13.5. The van der Waals surface area contributed by atoms with Crippen LogP contribution in [0.5, 0.6) is 0 Å². The molecule has 3 aliphatic rings. The maximum Gasteiger partial charge on any atom is 0.320 e. The maximum atomic E-state index is 12.6. The number of hydrogen-bond donors (Lipinski definition) is 0. The number of methoxy groups -OCH3 is 1. The summed E-state index contributed by atoms with van der Waals surface area (Å²) in [5, 5.41) is 0. The summed E-state index contributed by atoms with van der Waals surface area (Å²) in [4.78, 5) is 19.3. The van der Waals surface area contributed by atoms with Crippen molar-refractivity contribution in [2.24, 2.45) is 11.3 Å². The molecule has 0 unspecified atom stereocenters. The number of hydrogen-bond acceptors (Lipinski definition) is 3. The van der Waals surface area contributed by atoms with Gasteiger partial charge in [0.15, 0.2) is 0 Å². The summed E-state index contributed by atoms with van der Waals surface area (Å²) in [6, 6.07) is 0.274. The Kier molecular flexibility index (Phi) is 4.41. The molecule has 0 aromatic rings. The van der Waals surface area contributed by atoms with Crippen LogP contribution in [0.4, 0.5) is 4.79 Å². The molecule has 2 atom stereocenters. The lowest BCUT2D eigenvalue weighted by molar-refractivity contribution is 0.0960. The van der Waals surface area contributed by atoms with E-state index in [1.807, 2.05) is 4.90 Å². The Morgan fingerprint density at radius 1 is 1.19 bits per heavy atom. The van der Waals surface area contributed by atoms with E-state index in [0.29, 0.717) is 5.92 Å². The normalized spacial score (nSPS) is 33.5. The van der Waals surface area contributed by atoms with Crippen LogP contribution in [0.15, 0.2) is 0 Å². The third-order valence-corrected chi connectivity index (χ3v) is 5.73. The molecule has 3 aliphatic heterocycles. The second-order valence-electron chi connectivity index (χ2n) is 6.99. The SMILES string of the molecule is CCN1C[C@H](COC)[C@]2(CCN(C(=O)N3CCCC3)C2)C1. The molecule has 5 heteroatoms. The molecule has 3 heterocycles. The lowest BCUT2D eigenvalue weighted by Crippen LogP contribution is -2.43. The first-order chi connectivity index (χ1) is 10.2. The summed E-state index contributed by atoms with van der Waals surface area (Å²) >= 11 is 0. The van der Waals surface area contributed by atoms with Gasteiger partial charge in [0.2, 0.25) is 0 Å². The Morgan fingerprint density at radius 3 is 2.62 bits per heavy atom. The zero-order valence-electron chi connectivity index (χ0n) is 13.5.